The van der Waals surface area contributed by atoms with E-state index in [1.807, 2.05) is 6.92 Å². The summed E-state index contributed by atoms with van der Waals surface area (Å²) in [6, 6.07) is 5.99. The number of alkyl halides is 1. The molecular weight excluding hydrogens is 240 g/mol. The molecule has 15 heavy (non-hydrogen) atoms. The van der Waals surface area contributed by atoms with Gasteiger partial charge in [-0.2, -0.15) is 8.42 Å². The molecule has 0 amide bonds. The number of benzene rings is 1. The van der Waals surface area contributed by atoms with Crippen LogP contribution in [0.2, 0.25) is 0 Å². The lowest BCUT2D eigenvalue weighted by Gasteiger charge is -1.95. The van der Waals surface area contributed by atoms with Gasteiger partial charge in [-0.05, 0) is 19.1 Å². The Morgan fingerprint density at radius 1 is 1.27 bits per heavy atom. The van der Waals surface area contributed by atoms with Gasteiger partial charge in [0.25, 0.3) is 10.1 Å². The van der Waals surface area contributed by atoms with E-state index < -0.39 is 10.1 Å². The van der Waals surface area contributed by atoms with Crippen molar-refractivity contribution >= 4 is 21.7 Å². The minimum atomic E-state index is -4.02. The standard InChI is InChI=1S/C7H8O3S.C2H5ClO/c1-6-2-4-7(5-3-6)11(8,9)10;3-1-2-4/h2-5H,1H3,(H,8,9,10);4H,1-2H2. The molecule has 1 aromatic rings. The van der Waals surface area contributed by atoms with E-state index in [0.29, 0.717) is 5.88 Å². The summed E-state index contributed by atoms with van der Waals surface area (Å²) in [6.07, 6.45) is 0. The van der Waals surface area contributed by atoms with Crippen LogP contribution < -0.4 is 0 Å². The Hall–Kier alpha value is -0.620. The van der Waals surface area contributed by atoms with Crippen LogP contribution in [0.15, 0.2) is 29.2 Å². The lowest BCUT2D eigenvalue weighted by Crippen LogP contribution is -1.96. The number of hydrogen-bond acceptors (Lipinski definition) is 3. The molecule has 0 spiro atoms. The van der Waals surface area contributed by atoms with Gasteiger partial charge < -0.3 is 5.11 Å². The first-order valence-corrected chi connectivity index (χ1v) is 6.10. The molecule has 0 saturated carbocycles. The van der Waals surface area contributed by atoms with Crippen LogP contribution in [0, 0.1) is 6.92 Å². The minimum absolute atomic E-state index is 0.0666. The average molecular weight is 253 g/mol. The fourth-order valence-corrected chi connectivity index (χ4v) is 1.19. The van der Waals surface area contributed by atoms with Crippen LogP contribution in [-0.4, -0.2) is 30.6 Å². The molecule has 0 heterocycles. The third-order valence-corrected chi connectivity index (χ3v) is 2.44. The fraction of sp³-hybridized carbons (Fsp3) is 0.333. The number of rotatable bonds is 2. The topological polar surface area (TPSA) is 74.6 Å². The third-order valence-electron chi connectivity index (χ3n) is 1.40. The summed E-state index contributed by atoms with van der Waals surface area (Å²) >= 11 is 4.94. The zero-order valence-electron chi connectivity index (χ0n) is 8.22. The maximum atomic E-state index is 10.5. The number of aliphatic hydroxyl groups excluding tert-OH is 1. The van der Waals surface area contributed by atoms with Gasteiger partial charge in [0.1, 0.15) is 0 Å². The summed E-state index contributed by atoms with van der Waals surface area (Å²) in [6.45, 7) is 1.93. The van der Waals surface area contributed by atoms with Crippen LogP contribution in [0.5, 0.6) is 0 Å². The van der Waals surface area contributed by atoms with Crippen molar-refractivity contribution in [1.82, 2.24) is 0 Å². The van der Waals surface area contributed by atoms with Gasteiger partial charge in [-0.3, -0.25) is 4.55 Å². The monoisotopic (exact) mass is 252 g/mol. The molecule has 2 N–H and O–H groups in total. The summed E-state index contributed by atoms with van der Waals surface area (Å²) in [5, 5.41) is 7.74. The van der Waals surface area contributed by atoms with Crippen molar-refractivity contribution in [3.8, 4) is 0 Å². The molecule has 0 saturated heterocycles. The summed E-state index contributed by atoms with van der Waals surface area (Å²) in [7, 11) is -4.02. The van der Waals surface area contributed by atoms with Crippen molar-refractivity contribution in [2.75, 3.05) is 12.5 Å². The number of aryl methyl sites for hydroxylation is 1. The van der Waals surface area contributed by atoms with E-state index in [2.05, 4.69) is 0 Å². The maximum Gasteiger partial charge on any atom is 0.294 e. The quantitative estimate of drug-likeness (QED) is 0.617. The molecule has 0 unspecified atom stereocenters. The lowest BCUT2D eigenvalue weighted by molar-refractivity contribution is 0.321. The smallest absolute Gasteiger partial charge is 0.294 e. The Labute approximate surface area is 94.3 Å². The largest absolute Gasteiger partial charge is 0.395 e. The van der Waals surface area contributed by atoms with Crippen molar-refractivity contribution < 1.29 is 18.1 Å². The predicted molar refractivity (Wildman–Crippen MR) is 58.8 cm³/mol. The van der Waals surface area contributed by atoms with Crippen LogP contribution in [0.3, 0.4) is 0 Å². The molecule has 0 aromatic heterocycles. The van der Waals surface area contributed by atoms with Gasteiger partial charge in [-0.25, -0.2) is 0 Å². The Morgan fingerprint density at radius 2 is 1.67 bits per heavy atom. The highest BCUT2D eigenvalue weighted by atomic mass is 35.5. The number of halogens is 1. The molecule has 86 valence electrons. The van der Waals surface area contributed by atoms with Crippen molar-refractivity contribution in [2.45, 2.75) is 11.8 Å². The van der Waals surface area contributed by atoms with Gasteiger partial charge in [0.05, 0.1) is 11.5 Å². The lowest BCUT2D eigenvalue weighted by atomic mass is 10.2. The second kappa shape index (κ2) is 6.79. The molecule has 0 atom stereocenters. The van der Waals surface area contributed by atoms with Crippen molar-refractivity contribution in [3.05, 3.63) is 29.8 Å². The van der Waals surface area contributed by atoms with Crippen LogP contribution in [0.25, 0.3) is 0 Å². The van der Waals surface area contributed by atoms with Gasteiger partial charge in [-0.15, -0.1) is 11.6 Å². The van der Waals surface area contributed by atoms with E-state index in [-0.39, 0.29) is 11.5 Å². The molecular formula is C9H13ClO4S. The Kier molecular flexibility index (Phi) is 6.51. The van der Waals surface area contributed by atoms with E-state index in [9.17, 15) is 8.42 Å². The van der Waals surface area contributed by atoms with E-state index in [1.54, 1.807) is 12.1 Å². The molecule has 6 heteroatoms. The van der Waals surface area contributed by atoms with Crippen LogP contribution in [0.4, 0.5) is 0 Å². The summed E-state index contributed by atoms with van der Waals surface area (Å²) in [5.41, 5.74) is 0.956. The minimum Gasteiger partial charge on any atom is -0.395 e. The normalized spacial score (nSPS) is 10.4. The van der Waals surface area contributed by atoms with Crippen LogP contribution in [0.1, 0.15) is 5.56 Å². The fourth-order valence-electron chi connectivity index (χ4n) is 0.710. The van der Waals surface area contributed by atoms with Gasteiger partial charge in [-0.1, -0.05) is 17.7 Å². The summed E-state index contributed by atoms with van der Waals surface area (Å²) in [4.78, 5) is -0.0666. The van der Waals surface area contributed by atoms with Gasteiger partial charge in [0, 0.05) is 5.88 Å². The van der Waals surface area contributed by atoms with Crippen LogP contribution in [-0.2, 0) is 10.1 Å². The summed E-state index contributed by atoms with van der Waals surface area (Å²) in [5.74, 6) is 0.347. The Morgan fingerprint density at radius 3 is 1.93 bits per heavy atom. The SMILES string of the molecule is Cc1ccc(S(=O)(=O)O)cc1.OCCCl. The van der Waals surface area contributed by atoms with E-state index in [4.69, 9.17) is 21.3 Å². The second-order valence-corrected chi connectivity index (χ2v) is 4.50. The second-order valence-electron chi connectivity index (χ2n) is 2.70. The van der Waals surface area contributed by atoms with E-state index in [0.717, 1.165) is 5.56 Å². The third kappa shape index (κ3) is 6.46. The average Bonchev–Trinajstić information content (AvgIpc) is 2.17. The first kappa shape index (κ1) is 14.4. The highest BCUT2D eigenvalue weighted by molar-refractivity contribution is 7.85. The van der Waals surface area contributed by atoms with Gasteiger partial charge in [0.2, 0.25) is 0 Å². The van der Waals surface area contributed by atoms with Gasteiger partial charge >= 0.3 is 0 Å². The first-order chi connectivity index (χ1) is 6.91. The van der Waals surface area contributed by atoms with E-state index >= 15 is 0 Å². The highest BCUT2D eigenvalue weighted by Gasteiger charge is 2.06. The molecule has 4 nitrogen and oxygen atoms in total. The Balaban J connectivity index is 0.000000423. The molecule has 1 aromatic carbocycles. The molecule has 0 aliphatic heterocycles. The van der Waals surface area contributed by atoms with Crippen molar-refractivity contribution in [2.24, 2.45) is 0 Å². The van der Waals surface area contributed by atoms with Crippen molar-refractivity contribution in [1.29, 1.82) is 0 Å². The summed E-state index contributed by atoms with van der Waals surface area (Å²) < 4.78 is 29.6. The number of aliphatic hydroxyl groups is 1. The van der Waals surface area contributed by atoms with Crippen molar-refractivity contribution in [3.63, 3.8) is 0 Å². The maximum absolute atomic E-state index is 10.5. The molecule has 0 bridgehead atoms. The molecule has 0 fully saturated rings. The molecule has 0 radical (unpaired) electrons. The van der Waals surface area contributed by atoms with E-state index in [1.165, 1.54) is 12.1 Å². The van der Waals surface area contributed by atoms with Gasteiger partial charge in [0.15, 0.2) is 0 Å². The zero-order chi connectivity index (χ0) is 11.9. The molecule has 1 rings (SSSR count). The Bertz CT molecular complexity index is 370. The highest BCUT2D eigenvalue weighted by Crippen LogP contribution is 2.08. The first-order valence-electron chi connectivity index (χ1n) is 4.12. The molecule has 0 aliphatic carbocycles. The number of hydrogen-bond donors (Lipinski definition) is 2. The van der Waals surface area contributed by atoms with Crippen LogP contribution >= 0.6 is 11.6 Å². The zero-order valence-corrected chi connectivity index (χ0v) is 9.79. The predicted octanol–water partition coefficient (Wildman–Crippen LogP) is 1.46. The molecule has 0 aliphatic rings.